The van der Waals surface area contributed by atoms with E-state index in [1.165, 1.54) is 19.3 Å². The van der Waals surface area contributed by atoms with Crippen molar-refractivity contribution in [1.29, 1.82) is 0 Å². The molecule has 0 aliphatic heterocycles. The largest absolute Gasteiger partial charge is 0.484 e. The van der Waals surface area contributed by atoms with Gasteiger partial charge in [-0.05, 0) is 36.5 Å². The van der Waals surface area contributed by atoms with Crippen molar-refractivity contribution < 1.29 is 9.53 Å². The molecule has 1 aromatic carbocycles. The van der Waals surface area contributed by atoms with Gasteiger partial charge in [0.2, 0.25) is 0 Å². The summed E-state index contributed by atoms with van der Waals surface area (Å²) in [6.45, 7) is 1.38. The van der Waals surface area contributed by atoms with Crippen molar-refractivity contribution in [2.24, 2.45) is 11.7 Å². The lowest BCUT2D eigenvalue weighted by atomic mass is 9.85. The molecule has 4 heteroatoms. The molecule has 4 nitrogen and oxygen atoms in total. The molecule has 0 radical (unpaired) electrons. The first-order valence-corrected chi connectivity index (χ1v) is 6.46. The first-order valence-electron chi connectivity index (χ1n) is 6.46. The molecule has 3 N–H and O–H groups in total. The van der Waals surface area contributed by atoms with Crippen molar-refractivity contribution in [2.45, 2.75) is 25.8 Å². The third kappa shape index (κ3) is 3.74. The van der Waals surface area contributed by atoms with E-state index in [9.17, 15) is 4.79 Å². The van der Waals surface area contributed by atoms with Gasteiger partial charge in [0, 0.05) is 13.1 Å². The second kappa shape index (κ2) is 6.40. The van der Waals surface area contributed by atoms with Crippen molar-refractivity contribution in [3.8, 4) is 5.75 Å². The van der Waals surface area contributed by atoms with Gasteiger partial charge in [0.05, 0.1) is 0 Å². The van der Waals surface area contributed by atoms with Crippen LogP contribution in [0.2, 0.25) is 0 Å². The van der Waals surface area contributed by atoms with Crippen LogP contribution >= 0.6 is 0 Å². The number of nitrogens with one attached hydrogen (secondary N) is 1. The lowest BCUT2D eigenvalue weighted by Crippen LogP contribution is -2.35. The van der Waals surface area contributed by atoms with Crippen LogP contribution in [0, 0.1) is 5.92 Å². The zero-order valence-corrected chi connectivity index (χ0v) is 10.5. The van der Waals surface area contributed by atoms with Crippen LogP contribution in [0.15, 0.2) is 24.3 Å². The predicted octanol–water partition coefficient (Wildman–Crippen LogP) is 1.44. The molecule has 0 saturated heterocycles. The van der Waals surface area contributed by atoms with Gasteiger partial charge in [0.15, 0.2) is 6.61 Å². The molecule has 0 unspecified atom stereocenters. The summed E-state index contributed by atoms with van der Waals surface area (Å²) in [5.74, 6) is 1.33. The van der Waals surface area contributed by atoms with Gasteiger partial charge in [-0.3, -0.25) is 4.79 Å². The predicted molar refractivity (Wildman–Crippen MR) is 70.2 cm³/mol. The fraction of sp³-hybridized carbons (Fsp3) is 0.500. The van der Waals surface area contributed by atoms with E-state index in [1.807, 2.05) is 24.3 Å². The van der Waals surface area contributed by atoms with Crippen molar-refractivity contribution in [3.05, 3.63) is 29.8 Å². The summed E-state index contributed by atoms with van der Waals surface area (Å²) in [5.41, 5.74) is 6.56. The molecule has 0 atom stereocenters. The number of hydrogen-bond acceptors (Lipinski definition) is 3. The van der Waals surface area contributed by atoms with Gasteiger partial charge in [0.25, 0.3) is 5.91 Å². The first kappa shape index (κ1) is 12.9. The zero-order chi connectivity index (χ0) is 12.8. The molecule has 0 bridgehead atoms. The SMILES string of the molecule is NCc1ccc(OCC(=O)NCC2CCC2)cc1. The minimum Gasteiger partial charge on any atom is -0.484 e. The Kier molecular flexibility index (Phi) is 4.59. The van der Waals surface area contributed by atoms with Gasteiger partial charge < -0.3 is 15.8 Å². The lowest BCUT2D eigenvalue weighted by molar-refractivity contribution is -0.123. The van der Waals surface area contributed by atoms with Gasteiger partial charge in [-0.25, -0.2) is 0 Å². The topological polar surface area (TPSA) is 64.3 Å². The molecule has 18 heavy (non-hydrogen) atoms. The molecule has 1 amide bonds. The minimum absolute atomic E-state index is 0.0511. The second-order valence-corrected chi connectivity index (χ2v) is 4.74. The van der Waals surface area contributed by atoms with Gasteiger partial charge in [-0.2, -0.15) is 0 Å². The molecule has 1 aliphatic rings. The average Bonchev–Trinajstić information content (AvgIpc) is 2.35. The Hall–Kier alpha value is -1.55. The average molecular weight is 248 g/mol. The van der Waals surface area contributed by atoms with Gasteiger partial charge in [-0.1, -0.05) is 18.6 Å². The Morgan fingerprint density at radius 2 is 2.06 bits per heavy atom. The van der Waals surface area contributed by atoms with Crippen LogP contribution in [-0.2, 0) is 11.3 Å². The summed E-state index contributed by atoms with van der Waals surface area (Å²) in [4.78, 5) is 11.5. The maximum Gasteiger partial charge on any atom is 0.257 e. The van der Waals surface area contributed by atoms with E-state index in [1.54, 1.807) is 0 Å². The number of amides is 1. The smallest absolute Gasteiger partial charge is 0.257 e. The third-order valence-corrected chi connectivity index (χ3v) is 3.34. The van der Waals surface area contributed by atoms with Gasteiger partial charge in [0.1, 0.15) is 5.75 Å². The molecular formula is C14H20N2O2. The highest BCUT2D eigenvalue weighted by Crippen LogP contribution is 2.25. The number of rotatable bonds is 6. The number of nitrogens with two attached hydrogens (primary N) is 1. The third-order valence-electron chi connectivity index (χ3n) is 3.34. The van der Waals surface area contributed by atoms with E-state index >= 15 is 0 Å². The Bertz CT molecular complexity index is 385. The molecule has 1 aromatic rings. The van der Waals surface area contributed by atoms with Crippen LogP contribution in [0.1, 0.15) is 24.8 Å². The maximum atomic E-state index is 11.5. The summed E-state index contributed by atoms with van der Waals surface area (Å²) in [7, 11) is 0. The quantitative estimate of drug-likeness (QED) is 0.800. The van der Waals surface area contributed by atoms with Crippen LogP contribution in [0.5, 0.6) is 5.75 Å². The lowest BCUT2D eigenvalue weighted by Gasteiger charge is -2.25. The fourth-order valence-electron chi connectivity index (χ4n) is 1.88. The van der Waals surface area contributed by atoms with Gasteiger partial charge in [-0.15, -0.1) is 0 Å². The van der Waals surface area contributed by atoms with E-state index in [4.69, 9.17) is 10.5 Å². The number of benzene rings is 1. The Morgan fingerprint density at radius 1 is 1.33 bits per heavy atom. The fourth-order valence-corrected chi connectivity index (χ4v) is 1.88. The number of carbonyl (C=O) groups is 1. The van der Waals surface area contributed by atoms with Crippen LogP contribution in [0.3, 0.4) is 0 Å². The van der Waals surface area contributed by atoms with Crippen LogP contribution < -0.4 is 15.8 Å². The molecule has 2 rings (SSSR count). The molecule has 1 saturated carbocycles. The monoisotopic (exact) mass is 248 g/mol. The highest BCUT2D eigenvalue weighted by Gasteiger charge is 2.17. The molecule has 98 valence electrons. The van der Waals surface area contributed by atoms with E-state index in [-0.39, 0.29) is 12.5 Å². The Labute approximate surface area is 108 Å². The zero-order valence-electron chi connectivity index (χ0n) is 10.5. The van der Waals surface area contributed by atoms with Gasteiger partial charge >= 0.3 is 0 Å². The van der Waals surface area contributed by atoms with E-state index in [0.29, 0.717) is 18.2 Å². The molecule has 0 aromatic heterocycles. The highest BCUT2D eigenvalue weighted by atomic mass is 16.5. The number of hydrogen-bond donors (Lipinski definition) is 2. The standard InChI is InChI=1S/C14H20N2O2/c15-8-11-4-6-13(7-5-11)18-10-14(17)16-9-12-2-1-3-12/h4-7,12H,1-3,8-10,15H2,(H,16,17). The van der Waals surface area contributed by atoms with E-state index < -0.39 is 0 Å². The maximum absolute atomic E-state index is 11.5. The molecule has 1 aliphatic carbocycles. The summed E-state index contributed by atoms with van der Waals surface area (Å²) in [5, 5.41) is 2.89. The van der Waals surface area contributed by atoms with Crippen LogP contribution in [0.4, 0.5) is 0 Å². The summed E-state index contributed by atoms with van der Waals surface area (Å²) >= 11 is 0. The molecule has 1 fully saturated rings. The van der Waals surface area contributed by atoms with E-state index in [2.05, 4.69) is 5.32 Å². The molecule has 0 spiro atoms. The Balaban J connectivity index is 1.67. The number of carbonyl (C=O) groups excluding carboxylic acids is 1. The molecular weight excluding hydrogens is 228 g/mol. The normalized spacial score (nSPS) is 14.9. The first-order chi connectivity index (χ1) is 8.78. The van der Waals surface area contributed by atoms with Crippen molar-refractivity contribution in [1.82, 2.24) is 5.32 Å². The summed E-state index contributed by atoms with van der Waals surface area (Å²) < 4.78 is 5.40. The number of ether oxygens (including phenoxy) is 1. The highest BCUT2D eigenvalue weighted by molar-refractivity contribution is 5.77. The summed E-state index contributed by atoms with van der Waals surface area (Å²) in [6, 6.07) is 7.48. The Morgan fingerprint density at radius 3 is 2.61 bits per heavy atom. The minimum atomic E-state index is -0.0511. The van der Waals surface area contributed by atoms with E-state index in [0.717, 1.165) is 12.1 Å². The van der Waals surface area contributed by atoms with Crippen molar-refractivity contribution in [3.63, 3.8) is 0 Å². The van der Waals surface area contributed by atoms with Crippen LogP contribution in [-0.4, -0.2) is 19.1 Å². The van der Waals surface area contributed by atoms with Crippen LogP contribution in [0.25, 0.3) is 0 Å². The second-order valence-electron chi connectivity index (χ2n) is 4.74. The van der Waals surface area contributed by atoms with Crippen molar-refractivity contribution in [2.75, 3.05) is 13.2 Å². The van der Waals surface area contributed by atoms with Crippen molar-refractivity contribution >= 4 is 5.91 Å². The molecule has 0 heterocycles. The summed E-state index contributed by atoms with van der Waals surface area (Å²) in [6.07, 6.45) is 3.77.